The maximum absolute atomic E-state index is 12.5. The van der Waals surface area contributed by atoms with Crippen LogP contribution in [0.25, 0.3) is 0 Å². The lowest BCUT2D eigenvalue weighted by atomic mass is 10.2. The van der Waals surface area contributed by atoms with Crippen molar-refractivity contribution in [3.8, 4) is 0 Å². The second kappa shape index (κ2) is 3.99. The summed E-state index contributed by atoms with van der Waals surface area (Å²) in [5.74, 6) is -1.41. The first kappa shape index (κ1) is 9.08. The van der Waals surface area contributed by atoms with Crippen LogP contribution in [0.3, 0.4) is 0 Å². The van der Waals surface area contributed by atoms with E-state index in [1.54, 1.807) is 6.92 Å². The van der Waals surface area contributed by atoms with Gasteiger partial charge in [0.1, 0.15) is 11.7 Å². The van der Waals surface area contributed by atoms with Crippen molar-refractivity contribution in [3.63, 3.8) is 0 Å². The molecule has 2 heteroatoms. The van der Waals surface area contributed by atoms with E-state index in [0.29, 0.717) is 12.0 Å². The largest absolute Gasteiger partial charge is 0.208 e. The third-order valence-corrected chi connectivity index (χ3v) is 1.05. The van der Waals surface area contributed by atoms with Crippen molar-refractivity contribution >= 4 is 0 Å². The van der Waals surface area contributed by atoms with Crippen molar-refractivity contribution in [1.29, 1.82) is 0 Å². The fourth-order valence-corrected chi connectivity index (χ4v) is 0.408. The highest BCUT2D eigenvalue weighted by Crippen LogP contribution is 2.14. The van der Waals surface area contributed by atoms with Crippen LogP contribution in [-0.4, -0.2) is 0 Å². The highest BCUT2D eigenvalue weighted by Gasteiger charge is 1.97. The van der Waals surface area contributed by atoms with Crippen molar-refractivity contribution in [2.45, 2.75) is 13.3 Å². The van der Waals surface area contributed by atoms with E-state index in [0.717, 1.165) is 6.08 Å². The maximum Gasteiger partial charge on any atom is 0.128 e. The summed E-state index contributed by atoms with van der Waals surface area (Å²) in [4.78, 5) is 0. The molecule has 0 aliphatic heterocycles. The molecule has 0 radical (unpaired) electrons. The van der Waals surface area contributed by atoms with E-state index in [9.17, 15) is 8.78 Å². The first-order valence-corrected chi connectivity index (χ1v) is 2.97. The van der Waals surface area contributed by atoms with E-state index >= 15 is 0 Å². The Balaban J connectivity index is 4.19. The van der Waals surface area contributed by atoms with Gasteiger partial charge in [-0.15, -0.1) is 0 Å². The lowest BCUT2D eigenvalue weighted by molar-refractivity contribution is 0.619. The zero-order chi connectivity index (χ0) is 8.15. The van der Waals surface area contributed by atoms with Gasteiger partial charge in [-0.05, 0) is 12.0 Å². The molecule has 0 saturated heterocycles. The molecule has 0 rings (SSSR count). The predicted molar refractivity (Wildman–Crippen MR) is 38.9 cm³/mol. The Morgan fingerprint density at radius 1 is 1.40 bits per heavy atom. The average Bonchev–Trinajstić information content (AvgIpc) is 1.85. The Morgan fingerprint density at radius 3 is 2.20 bits per heavy atom. The molecular formula is C8H10F2. The van der Waals surface area contributed by atoms with Crippen molar-refractivity contribution in [1.82, 2.24) is 0 Å². The van der Waals surface area contributed by atoms with Gasteiger partial charge in [-0.1, -0.05) is 20.1 Å². The molecule has 0 heterocycles. The lowest BCUT2D eigenvalue weighted by Crippen LogP contribution is -1.78. The van der Waals surface area contributed by atoms with Gasteiger partial charge in [0, 0.05) is 6.08 Å². The molecule has 0 N–H and O–H groups in total. The number of halogens is 2. The molecule has 0 fully saturated rings. The van der Waals surface area contributed by atoms with Gasteiger partial charge in [-0.3, -0.25) is 0 Å². The molecule has 56 valence electrons. The second-order valence-corrected chi connectivity index (χ2v) is 1.90. The van der Waals surface area contributed by atoms with Crippen LogP contribution < -0.4 is 0 Å². The molecular weight excluding hydrogens is 134 g/mol. The Bertz CT molecular complexity index is 178. The van der Waals surface area contributed by atoms with Crippen LogP contribution in [0.1, 0.15) is 13.3 Å². The second-order valence-electron chi connectivity index (χ2n) is 1.90. The molecule has 0 aromatic carbocycles. The first-order chi connectivity index (χ1) is 4.57. The van der Waals surface area contributed by atoms with Crippen molar-refractivity contribution in [2.75, 3.05) is 0 Å². The minimum Gasteiger partial charge on any atom is -0.208 e. The molecule has 0 amide bonds. The van der Waals surface area contributed by atoms with E-state index in [4.69, 9.17) is 0 Å². The van der Waals surface area contributed by atoms with Crippen LogP contribution in [-0.2, 0) is 0 Å². The molecule has 0 spiro atoms. The summed E-state index contributed by atoms with van der Waals surface area (Å²) in [5, 5.41) is 0. The molecule has 0 aliphatic rings. The van der Waals surface area contributed by atoms with Crippen LogP contribution in [0.4, 0.5) is 8.78 Å². The molecule has 0 atom stereocenters. The van der Waals surface area contributed by atoms with Crippen LogP contribution in [0.15, 0.2) is 36.5 Å². The Hall–Kier alpha value is -0.920. The number of allylic oxidation sites excluding steroid dienone is 4. The molecule has 10 heavy (non-hydrogen) atoms. The van der Waals surface area contributed by atoms with Crippen LogP contribution in [0, 0.1) is 0 Å². The lowest BCUT2D eigenvalue weighted by Gasteiger charge is -1.95. The van der Waals surface area contributed by atoms with E-state index < -0.39 is 11.7 Å². The smallest absolute Gasteiger partial charge is 0.128 e. The van der Waals surface area contributed by atoms with Crippen LogP contribution in [0.2, 0.25) is 0 Å². The van der Waals surface area contributed by atoms with Crippen LogP contribution in [0.5, 0.6) is 0 Å². The van der Waals surface area contributed by atoms with Gasteiger partial charge in [-0.2, -0.15) is 0 Å². The fraction of sp³-hybridized carbons (Fsp3) is 0.250. The quantitative estimate of drug-likeness (QED) is 0.533. The van der Waals surface area contributed by atoms with E-state index in [2.05, 4.69) is 13.2 Å². The Kier molecular flexibility index (Phi) is 3.62. The molecule has 0 nitrogen and oxygen atoms in total. The van der Waals surface area contributed by atoms with Crippen LogP contribution >= 0.6 is 0 Å². The van der Waals surface area contributed by atoms with Crippen molar-refractivity contribution in [2.24, 2.45) is 0 Å². The maximum atomic E-state index is 12.5. The van der Waals surface area contributed by atoms with Gasteiger partial charge in [0.2, 0.25) is 0 Å². The van der Waals surface area contributed by atoms with Gasteiger partial charge in [0.25, 0.3) is 0 Å². The van der Waals surface area contributed by atoms with E-state index in [1.165, 1.54) is 0 Å². The van der Waals surface area contributed by atoms with Gasteiger partial charge in [0.05, 0.1) is 0 Å². The number of rotatable bonds is 3. The minimum atomic E-state index is -0.785. The zero-order valence-electron chi connectivity index (χ0n) is 5.95. The standard InChI is InChI=1S/C8H10F2/c1-4-6(2)8(10)5-7(3)9/h5H,2-4H2,1H3/b8-5+. The van der Waals surface area contributed by atoms with Gasteiger partial charge in [0.15, 0.2) is 0 Å². The number of hydrogen-bond donors (Lipinski definition) is 0. The molecule has 0 saturated carbocycles. The first-order valence-electron chi connectivity index (χ1n) is 2.97. The SMILES string of the molecule is C=C(F)/C=C(/F)C(=C)CC. The highest BCUT2D eigenvalue weighted by atomic mass is 19.1. The molecule has 0 aliphatic carbocycles. The number of hydrogen-bond acceptors (Lipinski definition) is 0. The topological polar surface area (TPSA) is 0 Å². The molecule has 0 aromatic heterocycles. The fourth-order valence-electron chi connectivity index (χ4n) is 0.408. The zero-order valence-corrected chi connectivity index (χ0v) is 5.95. The summed E-state index contributed by atoms with van der Waals surface area (Å²) in [7, 11) is 0. The van der Waals surface area contributed by atoms with Gasteiger partial charge in [-0.25, -0.2) is 8.78 Å². The minimum absolute atomic E-state index is 0.291. The molecule has 0 unspecified atom stereocenters. The summed E-state index contributed by atoms with van der Waals surface area (Å²) < 4.78 is 24.4. The Labute approximate surface area is 59.6 Å². The summed E-state index contributed by atoms with van der Waals surface area (Å²) >= 11 is 0. The van der Waals surface area contributed by atoms with Crippen molar-refractivity contribution in [3.05, 3.63) is 36.5 Å². The summed E-state index contributed by atoms with van der Waals surface area (Å²) in [6, 6.07) is 0. The summed E-state index contributed by atoms with van der Waals surface area (Å²) in [6.45, 7) is 8.01. The highest BCUT2D eigenvalue weighted by molar-refractivity contribution is 5.26. The summed E-state index contributed by atoms with van der Waals surface area (Å²) in [5.41, 5.74) is 0.291. The third kappa shape index (κ3) is 3.17. The van der Waals surface area contributed by atoms with E-state index in [-0.39, 0.29) is 0 Å². The van der Waals surface area contributed by atoms with Crippen molar-refractivity contribution < 1.29 is 8.78 Å². The van der Waals surface area contributed by atoms with Gasteiger partial charge >= 0.3 is 0 Å². The summed E-state index contributed by atoms with van der Waals surface area (Å²) in [6.07, 6.45) is 1.21. The third-order valence-electron chi connectivity index (χ3n) is 1.05. The van der Waals surface area contributed by atoms with E-state index in [1.807, 2.05) is 0 Å². The molecule has 0 aromatic rings. The normalized spacial score (nSPS) is 11.3. The average molecular weight is 144 g/mol. The van der Waals surface area contributed by atoms with Gasteiger partial charge < -0.3 is 0 Å². The predicted octanol–water partition coefficient (Wildman–Crippen LogP) is 3.29. The monoisotopic (exact) mass is 144 g/mol. The Morgan fingerprint density at radius 2 is 1.90 bits per heavy atom. The molecule has 0 bridgehead atoms.